The molecule has 128 valence electrons. The second kappa shape index (κ2) is 6.62. The summed E-state index contributed by atoms with van der Waals surface area (Å²) in [7, 11) is 1.85. The van der Waals surface area contributed by atoms with E-state index in [1.165, 1.54) is 12.8 Å². The molecule has 0 radical (unpaired) electrons. The van der Waals surface area contributed by atoms with Crippen LogP contribution < -0.4 is 0 Å². The van der Waals surface area contributed by atoms with E-state index in [9.17, 15) is 9.59 Å². The lowest BCUT2D eigenvalue weighted by Gasteiger charge is -2.37. The number of hydrogen-bond acceptors (Lipinski definition) is 3. The molecule has 0 N–H and O–H groups in total. The number of amides is 2. The lowest BCUT2D eigenvalue weighted by molar-refractivity contribution is -0.140. The number of likely N-dealkylation sites (tertiary alicyclic amines) is 1. The minimum Gasteiger partial charge on any atom is -0.342 e. The Morgan fingerprint density at radius 2 is 1.91 bits per heavy atom. The first-order valence-corrected chi connectivity index (χ1v) is 9.23. The van der Waals surface area contributed by atoms with Crippen molar-refractivity contribution in [2.75, 3.05) is 20.1 Å². The Balaban J connectivity index is 1.64. The van der Waals surface area contributed by atoms with Crippen molar-refractivity contribution in [3.8, 4) is 0 Å². The molecule has 1 saturated carbocycles. The van der Waals surface area contributed by atoms with E-state index < -0.39 is 5.54 Å². The van der Waals surface area contributed by atoms with Crippen LogP contribution in [0.5, 0.6) is 0 Å². The van der Waals surface area contributed by atoms with E-state index in [4.69, 9.17) is 4.99 Å². The molecule has 0 unspecified atom stereocenters. The Labute approximate surface area is 139 Å². The van der Waals surface area contributed by atoms with Gasteiger partial charge in [0.25, 0.3) is 5.91 Å². The molecule has 1 aliphatic carbocycles. The number of unbranched alkanes of at least 4 members (excludes halogenated alkanes) is 1. The third-order valence-corrected chi connectivity index (χ3v) is 5.79. The summed E-state index contributed by atoms with van der Waals surface area (Å²) in [5, 5.41) is 0. The smallest absolute Gasteiger partial charge is 0.255 e. The second-order valence-electron chi connectivity index (χ2n) is 7.33. The van der Waals surface area contributed by atoms with Gasteiger partial charge in [-0.05, 0) is 32.1 Å². The van der Waals surface area contributed by atoms with Gasteiger partial charge in [0.1, 0.15) is 11.4 Å². The highest BCUT2D eigenvalue weighted by atomic mass is 16.2. The first-order chi connectivity index (χ1) is 11.1. The molecule has 23 heavy (non-hydrogen) atoms. The standard InChI is InChI=1S/C18H29N3O2/c1-3-4-9-15-19-18(17(23)20(15)2)10-12-21(13-11-18)16(22)14-7-5-6-8-14/h14H,3-13H2,1-2H3. The zero-order chi connectivity index (χ0) is 16.4. The Morgan fingerprint density at radius 1 is 1.26 bits per heavy atom. The molecule has 2 fully saturated rings. The van der Waals surface area contributed by atoms with Crippen molar-refractivity contribution < 1.29 is 9.59 Å². The highest BCUT2D eigenvalue weighted by Crippen LogP contribution is 2.35. The van der Waals surface area contributed by atoms with Crippen molar-refractivity contribution in [2.45, 2.75) is 70.3 Å². The van der Waals surface area contributed by atoms with E-state index in [2.05, 4.69) is 6.92 Å². The van der Waals surface area contributed by atoms with Crippen LogP contribution >= 0.6 is 0 Å². The number of carbonyl (C=O) groups is 2. The highest BCUT2D eigenvalue weighted by Gasteiger charge is 2.49. The van der Waals surface area contributed by atoms with Crippen LogP contribution in [0.2, 0.25) is 0 Å². The summed E-state index contributed by atoms with van der Waals surface area (Å²) in [6.45, 7) is 3.51. The van der Waals surface area contributed by atoms with Gasteiger partial charge in [0, 0.05) is 32.5 Å². The number of aliphatic imine (C=N–C) groups is 1. The molecule has 5 nitrogen and oxygen atoms in total. The van der Waals surface area contributed by atoms with Gasteiger partial charge >= 0.3 is 0 Å². The van der Waals surface area contributed by atoms with Crippen LogP contribution in [0.15, 0.2) is 4.99 Å². The van der Waals surface area contributed by atoms with Crippen molar-refractivity contribution >= 4 is 17.6 Å². The van der Waals surface area contributed by atoms with E-state index in [1.54, 1.807) is 4.90 Å². The van der Waals surface area contributed by atoms with Crippen molar-refractivity contribution in [2.24, 2.45) is 10.9 Å². The van der Waals surface area contributed by atoms with Gasteiger partial charge in [-0.25, -0.2) is 0 Å². The first kappa shape index (κ1) is 16.5. The van der Waals surface area contributed by atoms with Crippen LogP contribution in [0.25, 0.3) is 0 Å². The number of amidine groups is 1. The molecule has 3 rings (SSSR count). The maximum atomic E-state index is 12.7. The van der Waals surface area contributed by atoms with Crippen LogP contribution in [0, 0.1) is 5.92 Å². The molecule has 0 aromatic rings. The topological polar surface area (TPSA) is 53.0 Å². The fourth-order valence-electron chi connectivity index (χ4n) is 4.21. The average Bonchev–Trinajstić information content (AvgIpc) is 3.18. The van der Waals surface area contributed by atoms with Gasteiger partial charge in [0.15, 0.2) is 0 Å². The lowest BCUT2D eigenvalue weighted by atomic mass is 9.87. The number of likely N-dealkylation sites (N-methyl/N-ethyl adjacent to an activating group) is 1. The summed E-state index contributed by atoms with van der Waals surface area (Å²) in [6, 6.07) is 0. The molecule has 0 aromatic heterocycles. The van der Waals surface area contributed by atoms with Crippen molar-refractivity contribution in [3.05, 3.63) is 0 Å². The molecular weight excluding hydrogens is 290 g/mol. The summed E-state index contributed by atoms with van der Waals surface area (Å²) in [5.74, 6) is 1.62. The summed E-state index contributed by atoms with van der Waals surface area (Å²) in [6.07, 6.45) is 8.88. The molecule has 1 spiro atoms. The Bertz CT molecular complexity index is 500. The zero-order valence-corrected chi connectivity index (χ0v) is 14.5. The molecular formula is C18H29N3O2. The van der Waals surface area contributed by atoms with Crippen molar-refractivity contribution in [1.29, 1.82) is 0 Å². The van der Waals surface area contributed by atoms with Crippen molar-refractivity contribution in [1.82, 2.24) is 9.80 Å². The molecule has 1 saturated heterocycles. The van der Waals surface area contributed by atoms with Gasteiger partial charge in [0.2, 0.25) is 5.91 Å². The molecule has 0 aromatic carbocycles. The predicted molar refractivity (Wildman–Crippen MR) is 90.2 cm³/mol. The van der Waals surface area contributed by atoms with Crippen LogP contribution in [0.3, 0.4) is 0 Å². The summed E-state index contributed by atoms with van der Waals surface area (Å²) in [5.41, 5.74) is -0.579. The maximum absolute atomic E-state index is 12.7. The summed E-state index contributed by atoms with van der Waals surface area (Å²) in [4.78, 5) is 33.8. The van der Waals surface area contributed by atoms with E-state index >= 15 is 0 Å². The first-order valence-electron chi connectivity index (χ1n) is 9.23. The number of nitrogens with zero attached hydrogens (tertiary/aromatic N) is 3. The van der Waals surface area contributed by atoms with E-state index in [-0.39, 0.29) is 11.8 Å². The molecule has 0 bridgehead atoms. The minimum absolute atomic E-state index is 0.136. The summed E-state index contributed by atoms with van der Waals surface area (Å²) >= 11 is 0. The Kier molecular flexibility index (Phi) is 4.74. The van der Waals surface area contributed by atoms with Gasteiger partial charge in [-0.15, -0.1) is 0 Å². The Morgan fingerprint density at radius 3 is 2.52 bits per heavy atom. The number of piperidine rings is 1. The second-order valence-corrected chi connectivity index (χ2v) is 7.33. The average molecular weight is 319 g/mol. The number of hydrogen-bond donors (Lipinski definition) is 0. The van der Waals surface area contributed by atoms with E-state index in [0.717, 1.165) is 37.9 Å². The molecule has 3 aliphatic rings. The molecule has 5 heteroatoms. The predicted octanol–water partition coefficient (Wildman–Crippen LogP) is 2.60. The van der Waals surface area contributed by atoms with Crippen LogP contribution in [0.1, 0.15) is 64.7 Å². The van der Waals surface area contributed by atoms with E-state index in [1.807, 2.05) is 11.9 Å². The van der Waals surface area contributed by atoms with E-state index in [0.29, 0.717) is 31.8 Å². The maximum Gasteiger partial charge on any atom is 0.255 e. The van der Waals surface area contributed by atoms with Crippen molar-refractivity contribution in [3.63, 3.8) is 0 Å². The lowest BCUT2D eigenvalue weighted by Crippen LogP contribution is -2.51. The normalized spacial score (nSPS) is 24.6. The van der Waals surface area contributed by atoms with Gasteiger partial charge in [-0.2, -0.15) is 0 Å². The van der Waals surface area contributed by atoms with Crippen LogP contribution in [0.4, 0.5) is 0 Å². The Hall–Kier alpha value is -1.39. The monoisotopic (exact) mass is 319 g/mol. The third kappa shape index (κ3) is 3.02. The number of carbonyl (C=O) groups excluding carboxylic acids is 2. The van der Waals surface area contributed by atoms with Crippen LogP contribution in [-0.4, -0.2) is 53.1 Å². The molecule has 2 amide bonds. The molecule has 2 heterocycles. The van der Waals surface area contributed by atoms with Gasteiger partial charge in [-0.1, -0.05) is 26.2 Å². The highest BCUT2D eigenvalue weighted by molar-refractivity contribution is 6.08. The largest absolute Gasteiger partial charge is 0.342 e. The third-order valence-electron chi connectivity index (χ3n) is 5.79. The summed E-state index contributed by atoms with van der Waals surface area (Å²) < 4.78 is 0. The SMILES string of the molecule is CCCCC1=NC2(CCN(C(=O)C3CCCC3)CC2)C(=O)N1C. The fourth-order valence-corrected chi connectivity index (χ4v) is 4.21. The number of rotatable bonds is 4. The van der Waals surface area contributed by atoms with Gasteiger partial charge in [-0.3, -0.25) is 14.6 Å². The van der Waals surface area contributed by atoms with Crippen LogP contribution in [-0.2, 0) is 9.59 Å². The van der Waals surface area contributed by atoms with Gasteiger partial charge < -0.3 is 9.80 Å². The zero-order valence-electron chi connectivity index (χ0n) is 14.5. The molecule has 0 atom stereocenters. The minimum atomic E-state index is -0.579. The quantitative estimate of drug-likeness (QED) is 0.800. The molecule has 2 aliphatic heterocycles. The fraction of sp³-hybridized carbons (Fsp3) is 0.833. The van der Waals surface area contributed by atoms with Gasteiger partial charge in [0.05, 0.1) is 0 Å².